The van der Waals surface area contributed by atoms with Crippen LogP contribution in [0.2, 0.25) is 0 Å². The molecule has 8 atom stereocenters. The number of aliphatic hydroxyl groups is 1. The molecular weight excluding hydrogens is 913 g/mol. The number of hydrazine groups is 1. The summed E-state index contributed by atoms with van der Waals surface area (Å²) in [6.45, 7) is 18.7. The predicted octanol–water partition coefficient (Wildman–Crippen LogP) is 7.10. The van der Waals surface area contributed by atoms with E-state index in [1.165, 1.54) is 27.9 Å². The number of amides is 2. The van der Waals surface area contributed by atoms with Crippen LogP contribution in [0.25, 0.3) is 5.57 Å². The number of nitrogens with zero attached hydrogens (tertiary/aromatic N) is 4. The molecule has 2 heterocycles. The van der Waals surface area contributed by atoms with Crippen molar-refractivity contribution in [2.75, 3.05) is 52.9 Å². The Labute approximate surface area is 426 Å². The monoisotopic (exact) mass is 991 g/mol. The van der Waals surface area contributed by atoms with E-state index < -0.39 is 35.3 Å². The molecule has 15 heteroatoms. The lowest BCUT2D eigenvalue weighted by molar-refractivity contribution is -0.138. The summed E-state index contributed by atoms with van der Waals surface area (Å²) in [5.41, 5.74) is 10.1. The summed E-state index contributed by atoms with van der Waals surface area (Å²) in [6.07, 6.45) is 8.43. The van der Waals surface area contributed by atoms with Crippen LogP contribution < -0.4 is 10.6 Å². The second-order valence-electron chi connectivity index (χ2n) is 21.3. The lowest BCUT2D eigenvalue weighted by atomic mass is 9.77. The Hall–Kier alpha value is -5.16. The fourth-order valence-electron chi connectivity index (χ4n) is 10.7. The van der Waals surface area contributed by atoms with E-state index in [0.717, 1.165) is 35.2 Å². The molecular formula is C57H78N6O9. The first-order valence-corrected chi connectivity index (χ1v) is 26.0. The van der Waals surface area contributed by atoms with Gasteiger partial charge in [-0.3, -0.25) is 34.2 Å². The van der Waals surface area contributed by atoms with Gasteiger partial charge in [-0.05, 0) is 100.0 Å². The summed E-state index contributed by atoms with van der Waals surface area (Å²) in [6, 6.07) is 16.0. The molecule has 1 fully saturated rings. The molecule has 0 bridgehead atoms. The predicted molar refractivity (Wildman–Crippen MR) is 279 cm³/mol. The van der Waals surface area contributed by atoms with Crippen molar-refractivity contribution < 1.29 is 43.2 Å². The van der Waals surface area contributed by atoms with Gasteiger partial charge in [0, 0.05) is 43.9 Å². The van der Waals surface area contributed by atoms with Crippen molar-refractivity contribution >= 4 is 41.0 Å². The zero-order valence-electron chi connectivity index (χ0n) is 43.8. The van der Waals surface area contributed by atoms with Crippen LogP contribution in [0.1, 0.15) is 116 Å². The second-order valence-corrected chi connectivity index (χ2v) is 21.3. The highest BCUT2D eigenvalue weighted by atomic mass is 16.6. The summed E-state index contributed by atoms with van der Waals surface area (Å²) in [5, 5.41) is 20.9. The molecule has 0 saturated heterocycles. The first kappa shape index (κ1) is 54.6. The molecule has 0 spiro atoms. The van der Waals surface area contributed by atoms with Crippen molar-refractivity contribution in [3.8, 4) is 0 Å². The van der Waals surface area contributed by atoms with Crippen LogP contribution in [0.4, 0.5) is 0 Å². The number of aliphatic imine (C=N–C) groups is 2. The number of benzene rings is 2. The number of aliphatic hydroxyl groups excluding tert-OH is 1. The smallest absolute Gasteiger partial charge is 0.246 e. The van der Waals surface area contributed by atoms with E-state index in [1.807, 2.05) is 39.2 Å². The van der Waals surface area contributed by atoms with Crippen LogP contribution >= 0.6 is 0 Å². The number of carbonyl (C=O) groups is 4. The number of Topliss-reactive ketones (excluding diaryl/α,β-unsaturated/α-hetero) is 2. The van der Waals surface area contributed by atoms with Gasteiger partial charge in [-0.25, -0.2) is 0 Å². The third kappa shape index (κ3) is 13.9. The standard InChI is InChI=1S/C57H78N6O9/c1-36-14-18-43(19-15-36)53-52-39(4)38(3)29-49(52)63-40(5)59-35-62(63)50(60-53)32-44(64)12-10-22-69-23-24-70-25-26-71-27-28-72-34-51(66)61-55(57(6,7)8)54(67)47-30-45(65)31-48(47)56(68)58-33-41-16-20-42(21-17-41)46-13-9-11-37(46)2/h9,11,14-21,35,40,45,47-50,52,55,65H,10,12-13,22-34H2,1-8H3,(H,58,68)(H,61,66)/t40?,45?,47?,48-,49?,50?,52?,55-/m1/s1. The van der Waals surface area contributed by atoms with Crippen molar-refractivity contribution in [1.29, 1.82) is 0 Å². The maximum absolute atomic E-state index is 14.0. The maximum Gasteiger partial charge on any atom is 0.246 e. The van der Waals surface area contributed by atoms with Crippen LogP contribution in [0.3, 0.4) is 0 Å². The van der Waals surface area contributed by atoms with E-state index in [-0.39, 0.29) is 80.8 Å². The Morgan fingerprint density at radius 1 is 0.833 bits per heavy atom. The Bertz CT molecular complexity index is 2390. The number of carbonyl (C=O) groups excluding carboxylic acids is 4. The van der Waals surface area contributed by atoms with Gasteiger partial charge in [0.15, 0.2) is 5.78 Å². The number of allylic oxidation sites excluding steroid dienone is 4. The van der Waals surface area contributed by atoms with Crippen LogP contribution in [0, 0.1) is 30.1 Å². The first-order chi connectivity index (χ1) is 34.5. The molecule has 0 radical (unpaired) electrons. The van der Waals surface area contributed by atoms with Crippen molar-refractivity contribution in [3.63, 3.8) is 0 Å². The van der Waals surface area contributed by atoms with E-state index in [1.54, 1.807) is 0 Å². The van der Waals surface area contributed by atoms with E-state index >= 15 is 0 Å². The van der Waals surface area contributed by atoms with Gasteiger partial charge in [-0.15, -0.1) is 0 Å². The molecule has 15 nitrogen and oxygen atoms in total. The van der Waals surface area contributed by atoms with E-state index in [0.29, 0.717) is 52.4 Å². The molecule has 2 aromatic rings. The summed E-state index contributed by atoms with van der Waals surface area (Å²) in [4.78, 5) is 64.1. The van der Waals surface area contributed by atoms with E-state index in [2.05, 4.69) is 104 Å². The van der Waals surface area contributed by atoms with E-state index in [4.69, 9.17) is 28.9 Å². The normalized spacial score (nSPS) is 24.4. The average molecular weight is 991 g/mol. The number of ketones is 2. The fourth-order valence-corrected chi connectivity index (χ4v) is 10.7. The number of rotatable bonds is 25. The van der Waals surface area contributed by atoms with Crippen LogP contribution in [-0.4, -0.2) is 134 Å². The van der Waals surface area contributed by atoms with Crippen molar-refractivity contribution in [2.24, 2.45) is 33.2 Å². The molecule has 1 saturated carbocycles. The molecule has 2 aliphatic heterocycles. The highest BCUT2D eigenvalue weighted by molar-refractivity contribution is 6.05. The van der Waals surface area contributed by atoms with E-state index in [9.17, 15) is 24.3 Å². The van der Waals surface area contributed by atoms with Gasteiger partial charge in [-0.1, -0.05) is 98.2 Å². The maximum atomic E-state index is 14.0. The molecule has 0 aromatic heterocycles. The van der Waals surface area contributed by atoms with Gasteiger partial charge in [0.2, 0.25) is 11.8 Å². The fraction of sp³-hybridized carbons (Fsp3) is 0.579. The zero-order valence-corrected chi connectivity index (χ0v) is 43.8. The molecule has 390 valence electrons. The highest BCUT2D eigenvalue weighted by Crippen LogP contribution is 2.43. The third-order valence-electron chi connectivity index (χ3n) is 14.8. The zero-order chi connectivity index (χ0) is 51.5. The topological polar surface area (TPSA) is 181 Å². The molecule has 5 aliphatic rings. The number of ether oxygens (including phenoxy) is 4. The summed E-state index contributed by atoms with van der Waals surface area (Å²) >= 11 is 0. The number of hydrogen-bond donors (Lipinski definition) is 3. The lowest BCUT2D eigenvalue weighted by Crippen LogP contribution is -2.53. The van der Waals surface area contributed by atoms with Crippen LogP contribution in [0.15, 0.2) is 87.4 Å². The van der Waals surface area contributed by atoms with Gasteiger partial charge in [0.25, 0.3) is 0 Å². The number of nitrogens with one attached hydrogen (secondary N) is 2. The minimum atomic E-state index is -0.886. The molecule has 2 aromatic carbocycles. The largest absolute Gasteiger partial charge is 0.393 e. The third-order valence-corrected chi connectivity index (χ3v) is 14.8. The molecule has 7 rings (SSSR count). The first-order valence-electron chi connectivity index (χ1n) is 26.0. The Kier molecular flexibility index (Phi) is 19.1. The van der Waals surface area contributed by atoms with Crippen molar-refractivity contribution in [1.82, 2.24) is 20.7 Å². The minimum absolute atomic E-state index is 0.0302. The van der Waals surface area contributed by atoms with Crippen molar-refractivity contribution in [2.45, 2.75) is 137 Å². The van der Waals surface area contributed by atoms with Gasteiger partial charge in [0.05, 0.1) is 63.4 Å². The average Bonchev–Trinajstić information content (AvgIpc) is 4.12. The summed E-state index contributed by atoms with van der Waals surface area (Å²) < 4.78 is 22.6. The highest BCUT2D eigenvalue weighted by Gasteiger charge is 2.49. The van der Waals surface area contributed by atoms with Crippen LogP contribution in [0.5, 0.6) is 0 Å². The second kappa shape index (κ2) is 25.2. The number of fused-ring (bicyclic) bond motifs is 3. The van der Waals surface area contributed by atoms with Gasteiger partial charge < -0.3 is 34.7 Å². The molecule has 3 aliphatic carbocycles. The molecule has 3 N–H and O–H groups in total. The van der Waals surface area contributed by atoms with Gasteiger partial charge in [0.1, 0.15) is 31.1 Å². The Balaban J connectivity index is 0.746. The number of aryl methyl sites for hydroxylation is 1. The summed E-state index contributed by atoms with van der Waals surface area (Å²) in [7, 11) is 0. The minimum Gasteiger partial charge on any atom is -0.393 e. The Morgan fingerprint density at radius 2 is 1.47 bits per heavy atom. The molecule has 2 amide bonds. The SMILES string of the molecule is CC1=C(c2ccc(CNC(=O)[C@@H]3CC(O)CC3C(=O)[C@@H](NC(=O)COCCOCCOCCOCCCC(=O)CC3N=C(c4ccc(C)cc4)C4C(C)=C(C)CC4N4C(C)N=CN34)C(C)(C)C)cc2)CC=C1. The van der Waals surface area contributed by atoms with Crippen molar-refractivity contribution in [3.05, 3.63) is 99.7 Å². The van der Waals surface area contributed by atoms with Gasteiger partial charge in [-0.2, -0.15) is 5.01 Å². The quantitative estimate of drug-likeness (QED) is 0.0683. The number of hydrogen-bond acceptors (Lipinski definition) is 13. The lowest BCUT2D eigenvalue weighted by Gasteiger charge is -2.38. The summed E-state index contributed by atoms with van der Waals surface area (Å²) in [5.74, 6) is -2.18. The van der Waals surface area contributed by atoms with Crippen LogP contribution in [-0.2, 0) is 44.7 Å². The molecule has 6 unspecified atom stereocenters. The Morgan fingerprint density at radius 3 is 2.12 bits per heavy atom. The molecule has 72 heavy (non-hydrogen) atoms. The van der Waals surface area contributed by atoms with Gasteiger partial charge >= 0.3 is 0 Å².